The number of aldehydes is 1. The monoisotopic (exact) mass is 313 g/mol. The van der Waals surface area contributed by atoms with Crippen molar-refractivity contribution in [2.45, 2.75) is 18.2 Å². The van der Waals surface area contributed by atoms with E-state index in [9.17, 15) is 13.2 Å². The van der Waals surface area contributed by atoms with Gasteiger partial charge in [0.25, 0.3) is 10.0 Å². The van der Waals surface area contributed by atoms with E-state index in [1.807, 2.05) is 19.1 Å². The number of para-hydroxylation sites is 1. The number of benzene rings is 2. The van der Waals surface area contributed by atoms with Gasteiger partial charge in [-0.25, -0.2) is 12.4 Å². The SMILES string of the molecule is Cc1c(CC=O)n(S(=O)(=O)c2ccccc2)c2ccccc12. The fourth-order valence-corrected chi connectivity index (χ4v) is 4.34. The second-order valence-electron chi connectivity index (χ2n) is 5.04. The summed E-state index contributed by atoms with van der Waals surface area (Å²) in [5.41, 5.74) is 1.93. The summed E-state index contributed by atoms with van der Waals surface area (Å²) >= 11 is 0. The summed E-state index contributed by atoms with van der Waals surface area (Å²) in [6.07, 6.45) is 0.796. The fraction of sp³-hybridized carbons (Fsp3) is 0.118. The molecular weight excluding hydrogens is 298 g/mol. The highest BCUT2D eigenvalue weighted by atomic mass is 32.2. The van der Waals surface area contributed by atoms with E-state index in [0.717, 1.165) is 17.2 Å². The topological polar surface area (TPSA) is 56.1 Å². The van der Waals surface area contributed by atoms with E-state index in [4.69, 9.17) is 0 Å². The Hall–Kier alpha value is -2.40. The third kappa shape index (κ3) is 2.14. The normalized spacial score (nSPS) is 11.7. The lowest BCUT2D eigenvalue weighted by Crippen LogP contribution is -2.16. The molecule has 3 rings (SSSR count). The van der Waals surface area contributed by atoms with Crippen molar-refractivity contribution in [3.8, 4) is 0 Å². The van der Waals surface area contributed by atoms with Crippen LogP contribution in [-0.4, -0.2) is 18.7 Å². The molecule has 0 atom stereocenters. The summed E-state index contributed by atoms with van der Waals surface area (Å²) in [5, 5.41) is 0.846. The van der Waals surface area contributed by atoms with E-state index in [0.29, 0.717) is 11.2 Å². The lowest BCUT2D eigenvalue weighted by molar-refractivity contribution is -0.107. The molecule has 0 radical (unpaired) electrons. The number of aryl methyl sites for hydroxylation is 1. The minimum absolute atomic E-state index is 0.0621. The molecule has 112 valence electrons. The average Bonchev–Trinajstić information content (AvgIpc) is 2.82. The molecule has 0 spiro atoms. The second kappa shape index (κ2) is 5.42. The zero-order chi connectivity index (χ0) is 15.7. The summed E-state index contributed by atoms with van der Waals surface area (Å²) in [7, 11) is -3.74. The van der Waals surface area contributed by atoms with Crippen LogP contribution in [0, 0.1) is 6.92 Å². The maximum atomic E-state index is 13.0. The van der Waals surface area contributed by atoms with Crippen molar-refractivity contribution >= 4 is 27.2 Å². The Bertz CT molecular complexity index is 941. The van der Waals surface area contributed by atoms with Crippen molar-refractivity contribution in [3.05, 3.63) is 65.9 Å². The Morgan fingerprint density at radius 2 is 1.64 bits per heavy atom. The van der Waals surface area contributed by atoms with Gasteiger partial charge in [-0.1, -0.05) is 36.4 Å². The van der Waals surface area contributed by atoms with Crippen molar-refractivity contribution in [1.82, 2.24) is 3.97 Å². The molecule has 1 heterocycles. The maximum absolute atomic E-state index is 13.0. The van der Waals surface area contributed by atoms with Gasteiger partial charge in [0.05, 0.1) is 10.4 Å². The van der Waals surface area contributed by atoms with Crippen LogP contribution in [0.2, 0.25) is 0 Å². The molecule has 2 aromatic carbocycles. The molecule has 0 saturated carbocycles. The van der Waals surface area contributed by atoms with Crippen LogP contribution < -0.4 is 0 Å². The molecule has 3 aromatic rings. The van der Waals surface area contributed by atoms with Crippen molar-refractivity contribution in [1.29, 1.82) is 0 Å². The van der Waals surface area contributed by atoms with Crippen molar-refractivity contribution < 1.29 is 13.2 Å². The molecule has 0 saturated heterocycles. The Labute approximate surface area is 129 Å². The number of fused-ring (bicyclic) bond motifs is 1. The van der Waals surface area contributed by atoms with Crippen molar-refractivity contribution in [2.24, 2.45) is 0 Å². The minimum atomic E-state index is -3.74. The number of carbonyl (C=O) groups is 1. The minimum Gasteiger partial charge on any atom is -0.303 e. The average molecular weight is 313 g/mol. The predicted octanol–water partition coefficient (Wildman–Crippen LogP) is 2.93. The number of aromatic nitrogens is 1. The highest BCUT2D eigenvalue weighted by Gasteiger charge is 2.24. The van der Waals surface area contributed by atoms with Crippen LogP contribution >= 0.6 is 0 Å². The fourth-order valence-electron chi connectivity index (χ4n) is 2.71. The standard InChI is InChI=1S/C17H15NO3S/c1-13-15-9-5-6-10-17(15)18(16(13)11-12-19)22(20,21)14-7-3-2-4-8-14/h2-10,12H,11H2,1H3. The van der Waals surface area contributed by atoms with Gasteiger partial charge in [0, 0.05) is 17.5 Å². The first kappa shape index (κ1) is 14.5. The van der Waals surface area contributed by atoms with Gasteiger partial charge in [0.15, 0.2) is 0 Å². The van der Waals surface area contributed by atoms with Gasteiger partial charge in [0.1, 0.15) is 6.29 Å². The molecule has 0 aliphatic carbocycles. The summed E-state index contributed by atoms with van der Waals surface area (Å²) < 4.78 is 27.3. The molecule has 0 amide bonds. The third-order valence-electron chi connectivity index (χ3n) is 3.76. The summed E-state index contributed by atoms with van der Waals surface area (Å²) in [6.45, 7) is 1.85. The quantitative estimate of drug-likeness (QED) is 0.696. The predicted molar refractivity (Wildman–Crippen MR) is 85.5 cm³/mol. The molecule has 0 aliphatic heterocycles. The van der Waals surface area contributed by atoms with Crippen molar-refractivity contribution in [3.63, 3.8) is 0 Å². The van der Waals surface area contributed by atoms with E-state index >= 15 is 0 Å². The van der Waals surface area contributed by atoms with Gasteiger partial charge < -0.3 is 4.79 Å². The van der Waals surface area contributed by atoms with Gasteiger partial charge in [-0.15, -0.1) is 0 Å². The molecule has 4 nitrogen and oxygen atoms in total. The van der Waals surface area contributed by atoms with E-state index in [1.165, 1.54) is 3.97 Å². The Kier molecular flexibility index (Phi) is 3.58. The molecule has 0 N–H and O–H groups in total. The Morgan fingerprint density at radius 1 is 1.00 bits per heavy atom. The number of hydrogen-bond donors (Lipinski definition) is 0. The van der Waals surface area contributed by atoms with Gasteiger partial charge in [-0.3, -0.25) is 0 Å². The Balaban J connectivity index is 2.39. The smallest absolute Gasteiger partial charge is 0.268 e. The zero-order valence-electron chi connectivity index (χ0n) is 12.1. The summed E-state index contributed by atoms with van der Waals surface area (Å²) in [5.74, 6) is 0. The van der Waals surface area contributed by atoms with Crippen LogP contribution in [0.1, 0.15) is 11.3 Å². The van der Waals surface area contributed by atoms with Gasteiger partial charge in [0.2, 0.25) is 0 Å². The lowest BCUT2D eigenvalue weighted by Gasteiger charge is -2.11. The highest BCUT2D eigenvalue weighted by molar-refractivity contribution is 7.90. The number of hydrogen-bond acceptors (Lipinski definition) is 3. The second-order valence-corrected chi connectivity index (χ2v) is 6.83. The van der Waals surface area contributed by atoms with Crippen LogP contribution in [-0.2, 0) is 21.2 Å². The molecule has 22 heavy (non-hydrogen) atoms. The van der Waals surface area contributed by atoms with Crippen LogP contribution in [0.4, 0.5) is 0 Å². The van der Waals surface area contributed by atoms with Gasteiger partial charge in [-0.2, -0.15) is 0 Å². The van der Waals surface area contributed by atoms with E-state index in [-0.39, 0.29) is 11.3 Å². The Morgan fingerprint density at radius 3 is 2.32 bits per heavy atom. The van der Waals surface area contributed by atoms with Crippen LogP contribution in [0.15, 0.2) is 59.5 Å². The van der Waals surface area contributed by atoms with E-state index in [2.05, 4.69) is 0 Å². The lowest BCUT2D eigenvalue weighted by atomic mass is 10.1. The third-order valence-corrected chi connectivity index (χ3v) is 5.53. The maximum Gasteiger partial charge on any atom is 0.268 e. The highest BCUT2D eigenvalue weighted by Crippen LogP contribution is 2.29. The molecule has 0 bridgehead atoms. The van der Waals surface area contributed by atoms with Gasteiger partial charge in [-0.05, 0) is 30.7 Å². The number of nitrogens with zero attached hydrogens (tertiary/aromatic N) is 1. The first-order valence-corrected chi connectivity index (χ1v) is 8.34. The molecule has 0 unspecified atom stereocenters. The molecular formula is C17H15NO3S. The van der Waals surface area contributed by atoms with Crippen LogP contribution in [0.25, 0.3) is 10.9 Å². The van der Waals surface area contributed by atoms with E-state index in [1.54, 1.807) is 42.5 Å². The van der Waals surface area contributed by atoms with Gasteiger partial charge >= 0.3 is 0 Å². The summed E-state index contributed by atoms with van der Waals surface area (Å²) in [4.78, 5) is 11.2. The largest absolute Gasteiger partial charge is 0.303 e. The van der Waals surface area contributed by atoms with Crippen LogP contribution in [0.3, 0.4) is 0 Å². The molecule has 0 aliphatic rings. The molecule has 1 aromatic heterocycles. The first-order valence-electron chi connectivity index (χ1n) is 6.90. The number of carbonyl (C=O) groups excluding carboxylic acids is 1. The zero-order valence-corrected chi connectivity index (χ0v) is 12.9. The first-order chi connectivity index (χ1) is 10.6. The van der Waals surface area contributed by atoms with Crippen molar-refractivity contribution in [2.75, 3.05) is 0 Å². The summed E-state index contributed by atoms with van der Waals surface area (Å²) in [6, 6.07) is 15.5. The molecule has 5 heteroatoms. The van der Waals surface area contributed by atoms with E-state index < -0.39 is 10.0 Å². The van der Waals surface area contributed by atoms with Crippen LogP contribution in [0.5, 0.6) is 0 Å². The molecule has 0 fully saturated rings. The number of rotatable bonds is 4.